The van der Waals surface area contributed by atoms with Gasteiger partial charge in [-0.3, -0.25) is 9.59 Å². The third-order valence-electron chi connectivity index (χ3n) is 4.64. The Morgan fingerprint density at radius 3 is 2.59 bits per heavy atom. The molecule has 0 aliphatic carbocycles. The van der Waals surface area contributed by atoms with E-state index in [1.165, 1.54) is 6.92 Å². The predicted octanol–water partition coefficient (Wildman–Crippen LogP) is 2.89. The van der Waals surface area contributed by atoms with E-state index in [1.807, 2.05) is 48.5 Å². The van der Waals surface area contributed by atoms with E-state index in [0.29, 0.717) is 6.54 Å². The molecule has 7 nitrogen and oxygen atoms in total. The van der Waals surface area contributed by atoms with Gasteiger partial charge in [-0.05, 0) is 36.2 Å². The summed E-state index contributed by atoms with van der Waals surface area (Å²) in [5.74, 6) is 1.35. The number of imidazole rings is 1. The summed E-state index contributed by atoms with van der Waals surface area (Å²) in [4.78, 5) is 31.7. The number of carbonyl (C=O) groups excluding carboxylic acids is 2. The summed E-state index contributed by atoms with van der Waals surface area (Å²) in [5, 5.41) is 5.77. The highest BCUT2D eigenvalue weighted by molar-refractivity contribution is 5.79. The van der Waals surface area contributed by atoms with E-state index in [1.54, 1.807) is 7.11 Å². The highest BCUT2D eigenvalue weighted by Crippen LogP contribution is 2.20. The first-order chi connectivity index (χ1) is 14.0. The number of amides is 2. The lowest BCUT2D eigenvalue weighted by Crippen LogP contribution is -2.33. The molecule has 1 unspecified atom stereocenters. The first-order valence-corrected chi connectivity index (χ1v) is 9.66. The molecule has 2 aromatic carbocycles. The Bertz CT molecular complexity index is 933. The van der Waals surface area contributed by atoms with Crippen molar-refractivity contribution in [1.29, 1.82) is 0 Å². The van der Waals surface area contributed by atoms with Gasteiger partial charge in [-0.1, -0.05) is 24.3 Å². The van der Waals surface area contributed by atoms with Crippen LogP contribution in [0, 0.1) is 0 Å². The molecule has 3 N–H and O–H groups in total. The molecule has 0 spiro atoms. The van der Waals surface area contributed by atoms with E-state index in [4.69, 9.17) is 4.74 Å². The first kappa shape index (κ1) is 20.4. The highest BCUT2D eigenvalue weighted by Gasteiger charge is 2.17. The van der Waals surface area contributed by atoms with E-state index < -0.39 is 0 Å². The minimum atomic E-state index is -0.381. The summed E-state index contributed by atoms with van der Waals surface area (Å²) in [6.07, 6.45) is 1.71. The first-order valence-electron chi connectivity index (χ1n) is 9.66. The van der Waals surface area contributed by atoms with Crippen LogP contribution in [0.2, 0.25) is 0 Å². The van der Waals surface area contributed by atoms with Crippen molar-refractivity contribution in [3.63, 3.8) is 0 Å². The molecule has 0 radical (unpaired) electrons. The topological polar surface area (TPSA) is 96.1 Å². The SMILES string of the molecule is COc1ccc(C(CC(=O)NCCCc2nc3ccccc3[nH]2)NC(C)=O)cc1. The van der Waals surface area contributed by atoms with E-state index in [2.05, 4.69) is 20.6 Å². The van der Waals surface area contributed by atoms with E-state index in [-0.39, 0.29) is 24.3 Å². The second-order valence-corrected chi connectivity index (χ2v) is 6.88. The molecule has 3 rings (SSSR count). The van der Waals surface area contributed by atoms with Gasteiger partial charge < -0.3 is 20.4 Å². The monoisotopic (exact) mass is 394 g/mol. The van der Waals surface area contributed by atoms with Gasteiger partial charge >= 0.3 is 0 Å². The molecular formula is C22H26N4O3. The Labute approximate surface area is 169 Å². The van der Waals surface area contributed by atoms with Crippen LogP contribution < -0.4 is 15.4 Å². The van der Waals surface area contributed by atoms with Crippen LogP contribution in [0.4, 0.5) is 0 Å². The number of fused-ring (bicyclic) bond motifs is 1. The van der Waals surface area contributed by atoms with Gasteiger partial charge in [0.25, 0.3) is 0 Å². The normalized spacial score (nSPS) is 11.8. The molecule has 7 heteroatoms. The number of H-pyrrole nitrogens is 1. The van der Waals surface area contributed by atoms with Gasteiger partial charge in [-0.15, -0.1) is 0 Å². The molecule has 1 atom stereocenters. The van der Waals surface area contributed by atoms with Gasteiger partial charge in [0, 0.05) is 19.9 Å². The Morgan fingerprint density at radius 1 is 1.14 bits per heavy atom. The largest absolute Gasteiger partial charge is 0.497 e. The summed E-state index contributed by atoms with van der Waals surface area (Å²) in [6, 6.07) is 14.9. The van der Waals surface area contributed by atoms with Crippen LogP contribution in [-0.2, 0) is 16.0 Å². The number of carbonyl (C=O) groups is 2. The maximum Gasteiger partial charge on any atom is 0.222 e. The summed E-state index contributed by atoms with van der Waals surface area (Å²) >= 11 is 0. The molecule has 2 amide bonds. The lowest BCUT2D eigenvalue weighted by atomic mass is 10.0. The predicted molar refractivity (Wildman–Crippen MR) is 112 cm³/mol. The molecule has 0 saturated carbocycles. The number of methoxy groups -OCH3 is 1. The van der Waals surface area contributed by atoms with Crippen LogP contribution in [0.25, 0.3) is 11.0 Å². The molecule has 3 aromatic rings. The fourth-order valence-electron chi connectivity index (χ4n) is 3.20. The van der Waals surface area contributed by atoms with Crippen molar-refractivity contribution in [3.8, 4) is 5.75 Å². The second-order valence-electron chi connectivity index (χ2n) is 6.88. The van der Waals surface area contributed by atoms with Crippen LogP contribution in [0.1, 0.15) is 37.2 Å². The fourth-order valence-corrected chi connectivity index (χ4v) is 3.20. The number of nitrogens with zero attached hydrogens (tertiary/aromatic N) is 1. The maximum absolute atomic E-state index is 12.4. The Hall–Kier alpha value is -3.35. The zero-order valence-electron chi connectivity index (χ0n) is 16.7. The van der Waals surface area contributed by atoms with Crippen molar-refractivity contribution in [2.45, 2.75) is 32.2 Å². The number of para-hydroxylation sites is 2. The lowest BCUT2D eigenvalue weighted by molar-refractivity contribution is -0.122. The summed E-state index contributed by atoms with van der Waals surface area (Å²) in [6.45, 7) is 1.99. The molecule has 29 heavy (non-hydrogen) atoms. The quantitative estimate of drug-likeness (QED) is 0.486. The van der Waals surface area contributed by atoms with E-state index in [9.17, 15) is 9.59 Å². The molecule has 1 aromatic heterocycles. The van der Waals surface area contributed by atoms with Gasteiger partial charge in [0.05, 0.1) is 30.6 Å². The Kier molecular flexibility index (Phi) is 6.84. The zero-order valence-corrected chi connectivity index (χ0v) is 16.7. The Balaban J connectivity index is 1.49. The number of hydrogen-bond donors (Lipinski definition) is 3. The van der Waals surface area contributed by atoms with Gasteiger partial charge in [0.1, 0.15) is 11.6 Å². The number of nitrogens with one attached hydrogen (secondary N) is 3. The average Bonchev–Trinajstić information content (AvgIpc) is 3.13. The average molecular weight is 394 g/mol. The number of benzene rings is 2. The third kappa shape index (κ3) is 5.81. The third-order valence-corrected chi connectivity index (χ3v) is 4.64. The summed E-state index contributed by atoms with van der Waals surface area (Å²) in [5.41, 5.74) is 2.83. The van der Waals surface area contributed by atoms with Crippen molar-refractivity contribution >= 4 is 22.8 Å². The highest BCUT2D eigenvalue weighted by atomic mass is 16.5. The van der Waals surface area contributed by atoms with Gasteiger partial charge in [0.2, 0.25) is 11.8 Å². The number of hydrogen-bond acceptors (Lipinski definition) is 4. The smallest absolute Gasteiger partial charge is 0.222 e. The van der Waals surface area contributed by atoms with E-state index in [0.717, 1.165) is 41.0 Å². The van der Waals surface area contributed by atoms with Crippen molar-refractivity contribution in [2.75, 3.05) is 13.7 Å². The molecule has 152 valence electrons. The lowest BCUT2D eigenvalue weighted by Gasteiger charge is -2.18. The number of rotatable bonds is 9. The van der Waals surface area contributed by atoms with Gasteiger partial charge in [-0.25, -0.2) is 4.98 Å². The molecule has 0 bridgehead atoms. The fraction of sp³-hybridized carbons (Fsp3) is 0.318. The van der Waals surface area contributed by atoms with Crippen LogP contribution in [0.3, 0.4) is 0 Å². The minimum absolute atomic E-state index is 0.107. The molecule has 0 saturated heterocycles. The standard InChI is InChI=1S/C22H26N4O3/c1-15(27)24-20(16-9-11-17(29-2)12-10-16)14-22(28)23-13-5-8-21-25-18-6-3-4-7-19(18)26-21/h3-4,6-7,9-12,20H,5,8,13-14H2,1-2H3,(H,23,28)(H,24,27)(H,25,26). The Morgan fingerprint density at radius 2 is 1.90 bits per heavy atom. The van der Waals surface area contributed by atoms with Crippen molar-refractivity contribution in [1.82, 2.24) is 20.6 Å². The number of ether oxygens (including phenoxy) is 1. The second kappa shape index (κ2) is 9.73. The van der Waals surface area contributed by atoms with Crippen molar-refractivity contribution in [2.24, 2.45) is 0 Å². The molecule has 0 aliphatic rings. The number of aryl methyl sites for hydroxylation is 1. The molecule has 0 aliphatic heterocycles. The number of aromatic amines is 1. The number of aromatic nitrogens is 2. The van der Waals surface area contributed by atoms with Crippen LogP contribution in [0.15, 0.2) is 48.5 Å². The molecule has 1 heterocycles. The zero-order chi connectivity index (χ0) is 20.6. The van der Waals surface area contributed by atoms with Crippen LogP contribution in [-0.4, -0.2) is 35.4 Å². The molecule has 0 fully saturated rings. The maximum atomic E-state index is 12.4. The van der Waals surface area contributed by atoms with E-state index >= 15 is 0 Å². The van der Waals surface area contributed by atoms with Gasteiger partial charge in [-0.2, -0.15) is 0 Å². The van der Waals surface area contributed by atoms with Crippen LogP contribution in [0.5, 0.6) is 5.75 Å². The summed E-state index contributed by atoms with van der Waals surface area (Å²) < 4.78 is 5.16. The summed E-state index contributed by atoms with van der Waals surface area (Å²) in [7, 11) is 1.60. The van der Waals surface area contributed by atoms with Gasteiger partial charge in [0.15, 0.2) is 0 Å². The van der Waals surface area contributed by atoms with Crippen molar-refractivity contribution < 1.29 is 14.3 Å². The molecular weight excluding hydrogens is 368 g/mol. The minimum Gasteiger partial charge on any atom is -0.497 e. The van der Waals surface area contributed by atoms with Crippen LogP contribution >= 0.6 is 0 Å². The van der Waals surface area contributed by atoms with Crippen molar-refractivity contribution in [3.05, 3.63) is 59.9 Å².